The van der Waals surface area contributed by atoms with Gasteiger partial charge in [0.05, 0.1) is 16.6 Å². The van der Waals surface area contributed by atoms with Gasteiger partial charge in [0.1, 0.15) is 12.4 Å². The molecule has 0 saturated heterocycles. The zero-order valence-electron chi connectivity index (χ0n) is 15.6. The number of ether oxygens (including phenoxy) is 1. The first-order valence-electron chi connectivity index (χ1n) is 8.81. The highest BCUT2D eigenvalue weighted by molar-refractivity contribution is 9.10. The van der Waals surface area contributed by atoms with E-state index in [9.17, 15) is 15.4 Å². The van der Waals surface area contributed by atoms with Gasteiger partial charge < -0.3 is 4.74 Å². The summed E-state index contributed by atoms with van der Waals surface area (Å²) in [7, 11) is 0. The number of non-ortho nitro benzene ring substituents is 1. The van der Waals surface area contributed by atoms with Gasteiger partial charge in [0.15, 0.2) is 0 Å². The second kappa shape index (κ2) is 9.18. The molecular formula is C23H17BrN2O3. The van der Waals surface area contributed by atoms with E-state index in [4.69, 9.17) is 4.74 Å². The van der Waals surface area contributed by atoms with Crippen LogP contribution in [0.2, 0.25) is 0 Å². The van der Waals surface area contributed by atoms with E-state index >= 15 is 0 Å². The number of nitrogens with zero attached hydrogens (tertiary/aromatic N) is 2. The molecule has 3 aromatic rings. The fraction of sp³-hybridized carbons (Fsp3) is 0.0870. The Hall–Kier alpha value is -3.43. The maximum Gasteiger partial charge on any atom is 0.269 e. The van der Waals surface area contributed by atoms with Crippen LogP contribution in [0.25, 0.3) is 11.6 Å². The van der Waals surface area contributed by atoms with Crippen molar-refractivity contribution in [3.63, 3.8) is 0 Å². The molecule has 0 radical (unpaired) electrons. The van der Waals surface area contributed by atoms with Crippen LogP contribution in [0, 0.1) is 28.4 Å². The van der Waals surface area contributed by atoms with E-state index in [1.54, 1.807) is 18.2 Å². The molecule has 0 aromatic heterocycles. The van der Waals surface area contributed by atoms with Crippen LogP contribution < -0.4 is 4.74 Å². The van der Waals surface area contributed by atoms with Crippen molar-refractivity contribution in [1.82, 2.24) is 0 Å². The van der Waals surface area contributed by atoms with Gasteiger partial charge in [-0.2, -0.15) is 5.26 Å². The lowest BCUT2D eigenvalue weighted by molar-refractivity contribution is -0.384. The Morgan fingerprint density at radius 3 is 2.59 bits per heavy atom. The fourth-order valence-corrected chi connectivity index (χ4v) is 3.20. The maximum atomic E-state index is 10.8. The average molecular weight is 449 g/mol. The molecule has 5 nitrogen and oxygen atoms in total. The number of aryl methyl sites for hydroxylation is 1. The fourth-order valence-electron chi connectivity index (χ4n) is 2.82. The Bertz CT molecular complexity index is 1120. The van der Waals surface area contributed by atoms with E-state index in [0.29, 0.717) is 23.5 Å². The zero-order valence-corrected chi connectivity index (χ0v) is 17.2. The molecular weight excluding hydrogens is 432 g/mol. The topological polar surface area (TPSA) is 76.2 Å². The molecule has 144 valence electrons. The predicted molar refractivity (Wildman–Crippen MR) is 116 cm³/mol. The Morgan fingerprint density at radius 1 is 1.17 bits per heavy atom. The van der Waals surface area contributed by atoms with Crippen LogP contribution in [-0.2, 0) is 6.61 Å². The summed E-state index contributed by atoms with van der Waals surface area (Å²) in [6, 6.07) is 21.7. The summed E-state index contributed by atoms with van der Waals surface area (Å²) in [6.07, 6.45) is 1.72. The SMILES string of the molecule is Cc1cccc(COc2ccc(Br)cc2/C=C(/C#N)c2ccc([N+](=O)[O-])cc2)c1. The third-order valence-electron chi connectivity index (χ3n) is 4.26. The molecule has 0 bridgehead atoms. The van der Waals surface area contributed by atoms with E-state index in [1.807, 2.05) is 43.3 Å². The van der Waals surface area contributed by atoms with Gasteiger partial charge in [-0.05, 0) is 54.5 Å². The summed E-state index contributed by atoms with van der Waals surface area (Å²) < 4.78 is 6.86. The molecule has 0 atom stereocenters. The minimum Gasteiger partial charge on any atom is -0.488 e. The molecule has 6 heteroatoms. The zero-order chi connectivity index (χ0) is 20.8. The molecule has 3 aromatic carbocycles. The quantitative estimate of drug-likeness (QED) is 0.191. The number of nitriles is 1. The lowest BCUT2D eigenvalue weighted by atomic mass is 10.0. The van der Waals surface area contributed by atoms with Crippen LogP contribution in [0.5, 0.6) is 5.75 Å². The van der Waals surface area contributed by atoms with Gasteiger partial charge >= 0.3 is 0 Å². The molecule has 0 unspecified atom stereocenters. The van der Waals surface area contributed by atoms with Crippen LogP contribution >= 0.6 is 15.9 Å². The van der Waals surface area contributed by atoms with E-state index in [0.717, 1.165) is 21.2 Å². The van der Waals surface area contributed by atoms with Crippen molar-refractivity contribution in [2.75, 3.05) is 0 Å². The Labute approximate surface area is 177 Å². The van der Waals surface area contributed by atoms with Crippen molar-refractivity contribution in [1.29, 1.82) is 5.26 Å². The normalized spacial score (nSPS) is 11.0. The molecule has 3 rings (SSSR count). The minimum atomic E-state index is -0.467. The average Bonchev–Trinajstić information content (AvgIpc) is 2.71. The second-order valence-electron chi connectivity index (χ2n) is 6.43. The van der Waals surface area contributed by atoms with Gasteiger partial charge in [0.25, 0.3) is 5.69 Å². The van der Waals surface area contributed by atoms with Crippen molar-refractivity contribution in [3.8, 4) is 11.8 Å². The Kier molecular flexibility index (Phi) is 6.43. The van der Waals surface area contributed by atoms with Crippen molar-refractivity contribution >= 4 is 33.3 Å². The third kappa shape index (κ3) is 5.31. The van der Waals surface area contributed by atoms with Crippen LogP contribution in [-0.4, -0.2) is 4.92 Å². The third-order valence-corrected chi connectivity index (χ3v) is 4.75. The first kappa shape index (κ1) is 20.3. The molecule has 0 saturated carbocycles. The van der Waals surface area contributed by atoms with Crippen molar-refractivity contribution in [3.05, 3.63) is 104 Å². The standard InChI is InChI=1S/C23H17BrN2O3/c1-16-3-2-4-17(11-16)15-29-23-10-7-21(24)13-19(23)12-20(14-25)18-5-8-22(9-6-18)26(27)28/h2-13H,15H2,1H3/b20-12-. The largest absolute Gasteiger partial charge is 0.488 e. The second-order valence-corrected chi connectivity index (χ2v) is 7.35. The van der Waals surface area contributed by atoms with Gasteiger partial charge in [-0.3, -0.25) is 10.1 Å². The highest BCUT2D eigenvalue weighted by atomic mass is 79.9. The van der Waals surface area contributed by atoms with Crippen LogP contribution in [0.15, 0.2) is 71.2 Å². The van der Waals surface area contributed by atoms with Crippen LogP contribution in [0.1, 0.15) is 22.3 Å². The van der Waals surface area contributed by atoms with Gasteiger partial charge in [0, 0.05) is 22.2 Å². The lowest BCUT2D eigenvalue weighted by Crippen LogP contribution is -1.97. The number of benzene rings is 3. The van der Waals surface area contributed by atoms with Gasteiger partial charge in [0.2, 0.25) is 0 Å². The van der Waals surface area contributed by atoms with Gasteiger partial charge in [-0.15, -0.1) is 0 Å². The van der Waals surface area contributed by atoms with Crippen LogP contribution in [0.4, 0.5) is 5.69 Å². The lowest BCUT2D eigenvalue weighted by Gasteiger charge is -2.11. The Morgan fingerprint density at radius 2 is 1.93 bits per heavy atom. The summed E-state index contributed by atoms with van der Waals surface area (Å²) in [5.41, 5.74) is 3.92. The first-order chi connectivity index (χ1) is 14.0. The van der Waals surface area contributed by atoms with E-state index < -0.39 is 4.92 Å². The summed E-state index contributed by atoms with van der Waals surface area (Å²) in [5.74, 6) is 0.643. The van der Waals surface area contributed by atoms with Gasteiger partial charge in [-0.1, -0.05) is 45.8 Å². The summed E-state index contributed by atoms with van der Waals surface area (Å²) in [6.45, 7) is 2.43. The van der Waals surface area contributed by atoms with E-state index in [2.05, 4.69) is 28.1 Å². The van der Waals surface area contributed by atoms with Crippen LogP contribution in [0.3, 0.4) is 0 Å². The molecule has 0 spiro atoms. The van der Waals surface area contributed by atoms with E-state index in [-0.39, 0.29) is 5.69 Å². The number of nitro benzene ring substituents is 1. The molecule has 0 aliphatic carbocycles. The van der Waals surface area contributed by atoms with E-state index in [1.165, 1.54) is 12.1 Å². The van der Waals surface area contributed by atoms with Crippen molar-refractivity contribution in [2.45, 2.75) is 13.5 Å². The summed E-state index contributed by atoms with van der Waals surface area (Å²) in [4.78, 5) is 10.4. The summed E-state index contributed by atoms with van der Waals surface area (Å²) in [5, 5.41) is 20.5. The number of nitro groups is 1. The minimum absolute atomic E-state index is 0.0179. The Balaban J connectivity index is 1.90. The molecule has 0 aliphatic rings. The molecule has 0 heterocycles. The monoisotopic (exact) mass is 448 g/mol. The highest BCUT2D eigenvalue weighted by Crippen LogP contribution is 2.29. The number of halogens is 1. The first-order valence-corrected chi connectivity index (χ1v) is 9.60. The highest BCUT2D eigenvalue weighted by Gasteiger charge is 2.09. The number of allylic oxidation sites excluding steroid dienone is 1. The summed E-state index contributed by atoms with van der Waals surface area (Å²) >= 11 is 3.45. The van der Waals surface area contributed by atoms with Crippen molar-refractivity contribution in [2.24, 2.45) is 0 Å². The number of rotatable bonds is 6. The number of hydrogen-bond acceptors (Lipinski definition) is 4. The van der Waals surface area contributed by atoms with Crippen molar-refractivity contribution < 1.29 is 9.66 Å². The number of hydrogen-bond donors (Lipinski definition) is 0. The molecule has 0 amide bonds. The molecule has 29 heavy (non-hydrogen) atoms. The molecule has 0 fully saturated rings. The maximum absolute atomic E-state index is 10.8. The predicted octanol–water partition coefficient (Wildman–Crippen LogP) is 6.31. The smallest absolute Gasteiger partial charge is 0.269 e. The van der Waals surface area contributed by atoms with Gasteiger partial charge in [-0.25, -0.2) is 0 Å². The molecule has 0 N–H and O–H groups in total. The molecule has 0 aliphatic heterocycles.